The Morgan fingerprint density at radius 1 is 1.47 bits per heavy atom. The van der Waals surface area contributed by atoms with Crippen LogP contribution >= 0.6 is 11.6 Å². The lowest BCUT2D eigenvalue weighted by molar-refractivity contribution is 0.102. The van der Waals surface area contributed by atoms with Gasteiger partial charge in [0, 0.05) is 0 Å². The number of carbonyl (C=O) groups excluding carboxylic acids is 1. The molecular formula is C13H11ClFN3O. The maximum absolute atomic E-state index is 13.7. The summed E-state index contributed by atoms with van der Waals surface area (Å²) in [4.78, 5) is 15.8. The van der Waals surface area contributed by atoms with Gasteiger partial charge < -0.3 is 11.1 Å². The Kier molecular flexibility index (Phi) is 3.66. The van der Waals surface area contributed by atoms with Crippen LogP contribution in [-0.2, 0) is 0 Å². The number of amides is 1. The smallest absolute Gasteiger partial charge is 0.259 e. The van der Waals surface area contributed by atoms with Gasteiger partial charge in [0.1, 0.15) is 5.82 Å². The van der Waals surface area contributed by atoms with E-state index >= 15 is 0 Å². The van der Waals surface area contributed by atoms with E-state index in [1.54, 1.807) is 13.0 Å². The standard InChI is InChI=1S/C13H11ClFN3O/c1-7-5-11(17-6-10(7)16)18-13(19)8-3-2-4-9(14)12(8)15/h2-6H,16H2,1H3,(H,17,18,19). The van der Waals surface area contributed by atoms with Crippen molar-refractivity contribution < 1.29 is 9.18 Å². The summed E-state index contributed by atoms with van der Waals surface area (Å²) in [5, 5.41) is 2.39. The molecule has 0 spiro atoms. The maximum atomic E-state index is 13.7. The highest BCUT2D eigenvalue weighted by Crippen LogP contribution is 2.19. The van der Waals surface area contributed by atoms with Gasteiger partial charge in [-0.3, -0.25) is 4.79 Å². The molecule has 0 fully saturated rings. The van der Waals surface area contributed by atoms with Crippen LogP contribution < -0.4 is 11.1 Å². The molecule has 0 unspecified atom stereocenters. The number of hydrogen-bond acceptors (Lipinski definition) is 3. The molecule has 0 radical (unpaired) electrons. The predicted molar refractivity (Wildman–Crippen MR) is 72.7 cm³/mol. The fourth-order valence-corrected chi connectivity index (χ4v) is 1.67. The molecule has 1 aromatic carbocycles. The van der Waals surface area contributed by atoms with Gasteiger partial charge in [0.25, 0.3) is 5.91 Å². The molecule has 1 heterocycles. The lowest BCUT2D eigenvalue weighted by Gasteiger charge is -2.07. The van der Waals surface area contributed by atoms with Crippen LogP contribution in [0.2, 0.25) is 5.02 Å². The number of aromatic nitrogens is 1. The second-order valence-electron chi connectivity index (χ2n) is 3.98. The zero-order valence-electron chi connectivity index (χ0n) is 10.1. The van der Waals surface area contributed by atoms with Gasteiger partial charge >= 0.3 is 0 Å². The normalized spacial score (nSPS) is 10.3. The van der Waals surface area contributed by atoms with E-state index in [1.165, 1.54) is 24.4 Å². The van der Waals surface area contributed by atoms with E-state index in [2.05, 4.69) is 10.3 Å². The second kappa shape index (κ2) is 5.24. The number of halogens is 2. The fourth-order valence-electron chi connectivity index (χ4n) is 1.50. The van der Waals surface area contributed by atoms with Gasteiger partial charge in [-0.25, -0.2) is 9.37 Å². The monoisotopic (exact) mass is 279 g/mol. The van der Waals surface area contributed by atoms with Crippen molar-refractivity contribution >= 4 is 29.0 Å². The van der Waals surface area contributed by atoms with Gasteiger partial charge in [0.05, 0.1) is 22.5 Å². The number of pyridine rings is 1. The van der Waals surface area contributed by atoms with E-state index in [0.29, 0.717) is 11.5 Å². The van der Waals surface area contributed by atoms with Gasteiger partial charge in [0.2, 0.25) is 0 Å². The van der Waals surface area contributed by atoms with Crippen molar-refractivity contribution in [2.75, 3.05) is 11.1 Å². The van der Waals surface area contributed by atoms with Crippen LogP contribution in [0, 0.1) is 12.7 Å². The molecule has 3 N–H and O–H groups in total. The highest BCUT2D eigenvalue weighted by atomic mass is 35.5. The number of anilines is 2. The molecule has 1 amide bonds. The molecule has 0 saturated carbocycles. The summed E-state index contributed by atoms with van der Waals surface area (Å²) in [5.74, 6) is -1.07. The highest BCUT2D eigenvalue weighted by molar-refractivity contribution is 6.31. The van der Waals surface area contributed by atoms with Gasteiger partial charge in [0.15, 0.2) is 5.82 Å². The Labute approximate surface area is 114 Å². The zero-order chi connectivity index (χ0) is 14.0. The molecule has 0 aliphatic heterocycles. The summed E-state index contributed by atoms with van der Waals surface area (Å²) in [6.07, 6.45) is 1.43. The van der Waals surface area contributed by atoms with E-state index in [1.807, 2.05) is 0 Å². The number of nitrogens with zero attached hydrogens (tertiary/aromatic N) is 1. The molecule has 0 bridgehead atoms. The first-order chi connectivity index (χ1) is 8.99. The quantitative estimate of drug-likeness (QED) is 0.888. The Hall–Kier alpha value is -2.14. The van der Waals surface area contributed by atoms with Crippen LogP contribution in [0.4, 0.5) is 15.9 Å². The molecule has 0 saturated heterocycles. The molecule has 4 nitrogen and oxygen atoms in total. The van der Waals surface area contributed by atoms with E-state index in [0.717, 1.165) is 5.56 Å². The van der Waals surface area contributed by atoms with Crippen LogP contribution in [0.15, 0.2) is 30.5 Å². The molecule has 2 aromatic rings. The minimum Gasteiger partial charge on any atom is -0.397 e. The van der Waals surface area contributed by atoms with E-state index in [-0.39, 0.29) is 10.6 Å². The van der Waals surface area contributed by atoms with Crippen LogP contribution in [0.5, 0.6) is 0 Å². The third-order valence-electron chi connectivity index (χ3n) is 2.59. The Morgan fingerprint density at radius 3 is 2.89 bits per heavy atom. The molecule has 0 atom stereocenters. The molecule has 19 heavy (non-hydrogen) atoms. The highest BCUT2D eigenvalue weighted by Gasteiger charge is 2.14. The second-order valence-corrected chi connectivity index (χ2v) is 4.39. The minimum atomic E-state index is -0.756. The van der Waals surface area contributed by atoms with E-state index in [9.17, 15) is 9.18 Å². The predicted octanol–water partition coefficient (Wildman–Crippen LogP) is 3.02. The van der Waals surface area contributed by atoms with Crippen molar-refractivity contribution in [2.45, 2.75) is 6.92 Å². The number of aryl methyl sites for hydroxylation is 1. The number of nitrogen functional groups attached to an aromatic ring is 1. The summed E-state index contributed by atoms with van der Waals surface area (Å²) in [6.45, 7) is 1.78. The minimum absolute atomic E-state index is 0.103. The molecule has 6 heteroatoms. The summed E-state index contributed by atoms with van der Waals surface area (Å²) in [6, 6.07) is 5.83. The molecule has 2 rings (SSSR count). The largest absolute Gasteiger partial charge is 0.397 e. The molecule has 1 aromatic heterocycles. The first-order valence-corrected chi connectivity index (χ1v) is 5.84. The van der Waals surface area contributed by atoms with E-state index in [4.69, 9.17) is 17.3 Å². The van der Waals surface area contributed by atoms with Crippen molar-refractivity contribution in [3.8, 4) is 0 Å². The third-order valence-corrected chi connectivity index (χ3v) is 2.88. The average Bonchev–Trinajstić information content (AvgIpc) is 2.37. The SMILES string of the molecule is Cc1cc(NC(=O)c2cccc(Cl)c2F)ncc1N. The number of nitrogens with two attached hydrogens (primary N) is 1. The molecule has 0 aliphatic carbocycles. The van der Waals surface area contributed by atoms with Crippen LogP contribution in [0.25, 0.3) is 0 Å². The Morgan fingerprint density at radius 2 is 2.21 bits per heavy atom. The first kappa shape index (κ1) is 13.3. The summed E-state index contributed by atoms with van der Waals surface area (Å²) < 4.78 is 13.7. The fraction of sp³-hybridized carbons (Fsp3) is 0.0769. The zero-order valence-corrected chi connectivity index (χ0v) is 10.8. The van der Waals surface area contributed by atoms with Gasteiger partial charge in [-0.2, -0.15) is 0 Å². The average molecular weight is 280 g/mol. The number of benzene rings is 1. The lowest BCUT2D eigenvalue weighted by atomic mass is 10.2. The number of hydrogen-bond donors (Lipinski definition) is 2. The van der Waals surface area contributed by atoms with Gasteiger partial charge in [-0.15, -0.1) is 0 Å². The summed E-state index contributed by atoms with van der Waals surface area (Å²) >= 11 is 5.62. The topological polar surface area (TPSA) is 68.0 Å². The van der Waals surface area contributed by atoms with E-state index < -0.39 is 11.7 Å². The number of nitrogens with one attached hydrogen (secondary N) is 1. The lowest BCUT2D eigenvalue weighted by Crippen LogP contribution is -2.15. The summed E-state index contributed by atoms with van der Waals surface area (Å²) in [7, 11) is 0. The molecule has 98 valence electrons. The molecular weight excluding hydrogens is 269 g/mol. The molecule has 0 aliphatic rings. The van der Waals surface area contributed by atoms with Gasteiger partial charge in [-0.05, 0) is 30.7 Å². The Balaban J connectivity index is 2.26. The number of carbonyl (C=O) groups is 1. The third kappa shape index (κ3) is 2.82. The van der Waals surface area contributed by atoms with Crippen molar-refractivity contribution in [3.05, 3.63) is 52.4 Å². The maximum Gasteiger partial charge on any atom is 0.259 e. The van der Waals surface area contributed by atoms with Crippen molar-refractivity contribution in [3.63, 3.8) is 0 Å². The van der Waals surface area contributed by atoms with Crippen LogP contribution in [0.1, 0.15) is 15.9 Å². The van der Waals surface area contributed by atoms with Gasteiger partial charge in [-0.1, -0.05) is 17.7 Å². The van der Waals surface area contributed by atoms with Crippen molar-refractivity contribution in [1.29, 1.82) is 0 Å². The van der Waals surface area contributed by atoms with Crippen molar-refractivity contribution in [1.82, 2.24) is 4.98 Å². The first-order valence-electron chi connectivity index (χ1n) is 5.46. The van der Waals surface area contributed by atoms with Crippen LogP contribution in [0.3, 0.4) is 0 Å². The van der Waals surface area contributed by atoms with Crippen molar-refractivity contribution in [2.24, 2.45) is 0 Å². The number of rotatable bonds is 2. The Bertz CT molecular complexity index is 646. The van der Waals surface area contributed by atoms with Crippen LogP contribution in [-0.4, -0.2) is 10.9 Å². The summed E-state index contributed by atoms with van der Waals surface area (Å²) in [5.41, 5.74) is 6.78.